The molecule has 0 saturated carbocycles. The maximum atomic E-state index is 9.82. The molecule has 0 aliphatic carbocycles. The Kier molecular flexibility index (Phi) is 3.44. The molecule has 4 heteroatoms. The van der Waals surface area contributed by atoms with Gasteiger partial charge in [0.15, 0.2) is 5.76 Å². The third-order valence-corrected chi connectivity index (χ3v) is 2.61. The summed E-state index contributed by atoms with van der Waals surface area (Å²) in [6, 6.07) is 7.62. The van der Waals surface area contributed by atoms with E-state index in [4.69, 9.17) is 4.52 Å². The lowest BCUT2D eigenvalue weighted by atomic mass is 10.1. The van der Waals surface area contributed by atoms with Crippen LogP contribution in [0.25, 0.3) is 0 Å². The van der Waals surface area contributed by atoms with E-state index >= 15 is 0 Å². The maximum Gasteiger partial charge on any atom is 0.150 e. The van der Waals surface area contributed by atoms with E-state index in [1.165, 1.54) is 0 Å². The Balaban J connectivity index is 1.92. The molecule has 0 amide bonds. The van der Waals surface area contributed by atoms with Crippen molar-refractivity contribution in [2.24, 2.45) is 0 Å². The summed E-state index contributed by atoms with van der Waals surface area (Å²) in [4.78, 5) is 0. The van der Waals surface area contributed by atoms with Crippen molar-refractivity contribution in [1.82, 2.24) is 10.5 Å². The molecule has 1 heterocycles. The normalized spacial score (nSPS) is 10.7. The summed E-state index contributed by atoms with van der Waals surface area (Å²) in [5.41, 5.74) is 2.65. The average molecular weight is 232 g/mol. The fourth-order valence-corrected chi connectivity index (χ4v) is 1.68. The highest BCUT2D eigenvalue weighted by molar-refractivity contribution is 5.39. The summed E-state index contributed by atoms with van der Waals surface area (Å²) in [6.07, 6.45) is 0. The molecule has 0 aliphatic rings. The molecule has 2 rings (SSSR count). The van der Waals surface area contributed by atoms with E-state index in [1.54, 1.807) is 0 Å². The van der Waals surface area contributed by atoms with E-state index < -0.39 is 0 Å². The Morgan fingerprint density at radius 2 is 2.12 bits per heavy atom. The highest BCUT2D eigenvalue weighted by Gasteiger charge is 2.04. The number of aryl methyl sites for hydroxylation is 2. The Labute approximate surface area is 100 Å². The van der Waals surface area contributed by atoms with Crippen molar-refractivity contribution in [3.63, 3.8) is 0 Å². The van der Waals surface area contributed by atoms with Gasteiger partial charge in [0.25, 0.3) is 0 Å². The van der Waals surface area contributed by atoms with Crippen molar-refractivity contribution in [3.8, 4) is 5.75 Å². The van der Waals surface area contributed by atoms with Crippen LogP contribution in [0.2, 0.25) is 0 Å². The number of rotatable bonds is 4. The second kappa shape index (κ2) is 5.01. The predicted molar refractivity (Wildman–Crippen MR) is 64.6 cm³/mol. The predicted octanol–water partition coefficient (Wildman–Crippen LogP) is 2.29. The maximum absolute atomic E-state index is 9.82. The first-order chi connectivity index (χ1) is 8.16. The van der Waals surface area contributed by atoms with Gasteiger partial charge in [-0.3, -0.25) is 0 Å². The fourth-order valence-electron chi connectivity index (χ4n) is 1.68. The van der Waals surface area contributed by atoms with E-state index in [0.29, 0.717) is 18.8 Å². The largest absolute Gasteiger partial charge is 0.507 e. The second-order valence-corrected chi connectivity index (χ2v) is 4.12. The van der Waals surface area contributed by atoms with E-state index in [-0.39, 0.29) is 0 Å². The molecule has 0 spiro atoms. The Morgan fingerprint density at radius 1 is 1.29 bits per heavy atom. The zero-order valence-electron chi connectivity index (χ0n) is 10.0. The second-order valence-electron chi connectivity index (χ2n) is 4.12. The van der Waals surface area contributed by atoms with Crippen molar-refractivity contribution in [3.05, 3.63) is 46.8 Å². The van der Waals surface area contributed by atoms with E-state index in [9.17, 15) is 5.11 Å². The first-order valence-electron chi connectivity index (χ1n) is 5.57. The van der Waals surface area contributed by atoms with Crippen molar-refractivity contribution in [1.29, 1.82) is 0 Å². The third kappa shape index (κ3) is 2.85. The van der Waals surface area contributed by atoms with Crippen LogP contribution in [0.15, 0.2) is 28.8 Å². The lowest BCUT2D eigenvalue weighted by molar-refractivity contribution is 0.368. The van der Waals surface area contributed by atoms with Gasteiger partial charge in [0.1, 0.15) is 5.75 Å². The summed E-state index contributed by atoms with van der Waals surface area (Å²) in [6.45, 7) is 4.99. The minimum atomic E-state index is 0.355. The van der Waals surface area contributed by atoms with Gasteiger partial charge in [0.2, 0.25) is 0 Å². The van der Waals surface area contributed by atoms with Gasteiger partial charge in [-0.1, -0.05) is 23.4 Å². The van der Waals surface area contributed by atoms with E-state index in [1.807, 2.05) is 38.1 Å². The van der Waals surface area contributed by atoms with Gasteiger partial charge in [0, 0.05) is 18.2 Å². The molecule has 17 heavy (non-hydrogen) atoms. The quantitative estimate of drug-likeness (QED) is 0.849. The molecule has 0 unspecified atom stereocenters. The molecule has 0 radical (unpaired) electrons. The van der Waals surface area contributed by atoms with Crippen LogP contribution >= 0.6 is 0 Å². The van der Waals surface area contributed by atoms with Crippen molar-refractivity contribution >= 4 is 0 Å². The number of phenols is 1. The van der Waals surface area contributed by atoms with Crippen LogP contribution in [0.5, 0.6) is 5.75 Å². The van der Waals surface area contributed by atoms with E-state index in [0.717, 1.165) is 22.6 Å². The molecular formula is C13H16N2O2. The van der Waals surface area contributed by atoms with Crippen LogP contribution in [0.3, 0.4) is 0 Å². The lowest BCUT2D eigenvalue weighted by Crippen LogP contribution is -2.12. The van der Waals surface area contributed by atoms with Crippen molar-refractivity contribution < 1.29 is 9.63 Å². The molecule has 2 N–H and O–H groups in total. The SMILES string of the molecule is Cc1cc(CNCc2cccc(C)c2O)on1. The van der Waals surface area contributed by atoms with Crippen LogP contribution in [-0.2, 0) is 13.1 Å². The van der Waals surface area contributed by atoms with Gasteiger partial charge >= 0.3 is 0 Å². The number of hydrogen-bond acceptors (Lipinski definition) is 4. The molecule has 0 saturated heterocycles. The number of phenolic OH excluding ortho intramolecular Hbond substituents is 1. The number of nitrogens with zero attached hydrogens (tertiary/aromatic N) is 1. The lowest BCUT2D eigenvalue weighted by Gasteiger charge is -2.07. The topological polar surface area (TPSA) is 58.3 Å². The van der Waals surface area contributed by atoms with Gasteiger partial charge in [-0.2, -0.15) is 0 Å². The molecule has 90 valence electrons. The van der Waals surface area contributed by atoms with Crippen LogP contribution in [0, 0.1) is 13.8 Å². The summed E-state index contributed by atoms with van der Waals surface area (Å²) >= 11 is 0. The van der Waals surface area contributed by atoms with Crippen LogP contribution < -0.4 is 5.32 Å². The zero-order chi connectivity index (χ0) is 12.3. The smallest absolute Gasteiger partial charge is 0.150 e. The zero-order valence-corrected chi connectivity index (χ0v) is 10.0. The van der Waals surface area contributed by atoms with Crippen molar-refractivity contribution in [2.75, 3.05) is 0 Å². The van der Waals surface area contributed by atoms with Gasteiger partial charge in [-0.15, -0.1) is 0 Å². The molecule has 0 fully saturated rings. The Hall–Kier alpha value is -1.81. The number of benzene rings is 1. The van der Waals surface area contributed by atoms with Crippen LogP contribution in [0.1, 0.15) is 22.6 Å². The van der Waals surface area contributed by atoms with Gasteiger partial charge in [0.05, 0.1) is 12.2 Å². The number of hydrogen-bond donors (Lipinski definition) is 2. The summed E-state index contributed by atoms with van der Waals surface area (Å²) in [5, 5.41) is 16.8. The molecule has 2 aromatic rings. The summed E-state index contributed by atoms with van der Waals surface area (Å²) < 4.78 is 5.08. The van der Waals surface area contributed by atoms with Crippen LogP contribution in [0.4, 0.5) is 0 Å². The molecule has 1 aromatic heterocycles. The number of nitrogens with one attached hydrogen (secondary N) is 1. The van der Waals surface area contributed by atoms with E-state index in [2.05, 4.69) is 10.5 Å². The molecule has 0 bridgehead atoms. The number of aromatic hydroxyl groups is 1. The molecular weight excluding hydrogens is 216 g/mol. The number of aromatic nitrogens is 1. The summed E-state index contributed by atoms with van der Waals surface area (Å²) in [5.74, 6) is 1.16. The van der Waals surface area contributed by atoms with Gasteiger partial charge < -0.3 is 14.9 Å². The standard InChI is InChI=1S/C13H16N2O2/c1-9-4-3-5-11(13(9)16)7-14-8-12-6-10(2)15-17-12/h3-6,14,16H,7-8H2,1-2H3. The van der Waals surface area contributed by atoms with Gasteiger partial charge in [-0.05, 0) is 19.4 Å². The summed E-state index contributed by atoms with van der Waals surface area (Å²) in [7, 11) is 0. The Bertz CT molecular complexity index is 506. The third-order valence-electron chi connectivity index (χ3n) is 2.61. The molecule has 4 nitrogen and oxygen atoms in total. The minimum absolute atomic E-state index is 0.355. The first kappa shape index (κ1) is 11.7. The minimum Gasteiger partial charge on any atom is -0.507 e. The fraction of sp³-hybridized carbons (Fsp3) is 0.308. The highest BCUT2D eigenvalue weighted by Crippen LogP contribution is 2.21. The van der Waals surface area contributed by atoms with Gasteiger partial charge in [-0.25, -0.2) is 0 Å². The first-order valence-corrected chi connectivity index (χ1v) is 5.57. The Morgan fingerprint density at radius 3 is 2.82 bits per heavy atom. The average Bonchev–Trinajstić information content (AvgIpc) is 2.70. The monoisotopic (exact) mass is 232 g/mol. The molecule has 1 aromatic carbocycles. The molecule has 0 atom stereocenters. The molecule has 0 aliphatic heterocycles. The van der Waals surface area contributed by atoms with Crippen molar-refractivity contribution in [2.45, 2.75) is 26.9 Å². The highest BCUT2D eigenvalue weighted by atomic mass is 16.5. The van der Waals surface area contributed by atoms with Crippen LogP contribution in [-0.4, -0.2) is 10.3 Å². The number of para-hydroxylation sites is 1.